The van der Waals surface area contributed by atoms with Gasteiger partial charge in [-0.25, -0.2) is 4.79 Å². The number of thioether (sulfide) groups is 1. The van der Waals surface area contributed by atoms with E-state index in [2.05, 4.69) is 5.32 Å². The zero-order valence-electron chi connectivity index (χ0n) is 17.6. The van der Waals surface area contributed by atoms with Crippen LogP contribution in [0, 0.1) is 21.4 Å². The van der Waals surface area contributed by atoms with Crippen molar-refractivity contribution in [2.45, 2.75) is 11.8 Å². The molecular formula is C24H19N3O5S. The summed E-state index contributed by atoms with van der Waals surface area (Å²) in [5, 5.41) is 25.5. The number of esters is 1. The molecule has 0 radical (unpaired) electrons. The van der Waals surface area contributed by atoms with Crippen LogP contribution in [-0.4, -0.2) is 29.2 Å². The summed E-state index contributed by atoms with van der Waals surface area (Å²) >= 11 is 1.02. The highest BCUT2D eigenvalue weighted by molar-refractivity contribution is 8.00. The van der Waals surface area contributed by atoms with Crippen molar-refractivity contribution < 1.29 is 19.2 Å². The van der Waals surface area contributed by atoms with Gasteiger partial charge in [0.05, 0.1) is 22.2 Å². The van der Waals surface area contributed by atoms with Gasteiger partial charge in [0.25, 0.3) is 5.69 Å². The molecular weight excluding hydrogens is 442 g/mol. The first-order valence-electron chi connectivity index (χ1n) is 9.90. The number of hydrogen-bond donors (Lipinski definition) is 1. The van der Waals surface area contributed by atoms with E-state index in [1.54, 1.807) is 19.1 Å². The number of amides is 1. The highest BCUT2D eigenvalue weighted by Crippen LogP contribution is 2.31. The lowest BCUT2D eigenvalue weighted by Crippen LogP contribution is -2.14. The predicted molar refractivity (Wildman–Crippen MR) is 127 cm³/mol. The quantitative estimate of drug-likeness (QED) is 0.126. The lowest BCUT2D eigenvalue weighted by Gasteiger charge is -2.07. The van der Waals surface area contributed by atoms with Gasteiger partial charge in [0.2, 0.25) is 5.91 Å². The van der Waals surface area contributed by atoms with Gasteiger partial charge in [-0.2, -0.15) is 5.26 Å². The van der Waals surface area contributed by atoms with Gasteiger partial charge in [0.15, 0.2) is 0 Å². The van der Waals surface area contributed by atoms with Crippen LogP contribution >= 0.6 is 11.8 Å². The molecule has 0 aliphatic carbocycles. The van der Waals surface area contributed by atoms with Crippen LogP contribution in [0.15, 0.2) is 71.1 Å². The van der Waals surface area contributed by atoms with E-state index in [4.69, 9.17) is 10.00 Å². The second-order valence-electron chi connectivity index (χ2n) is 6.77. The molecule has 166 valence electrons. The Kier molecular flexibility index (Phi) is 7.78. The number of nitro groups is 1. The van der Waals surface area contributed by atoms with Crippen molar-refractivity contribution in [3.63, 3.8) is 0 Å². The number of rotatable bonds is 8. The Labute approximate surface area is 194 Å². The van der Waals surface area contributed by atoms with E-state index in [0.717, 1.165) is 22.5 Å². The third-order valence-corrected chi connectivity index (χ3v) is 5.56. The van der Waals surface area contributed by atoms with Crippen molar-refractivity contribution >= 4 is 51.9 Å². The fourth-order valence-corrected chi connectivity index (χ4v) is 3.81. The van der Waals surface area contributed by atoms with E-state index >= 15 is 0 Å². The predicted octanol–water partition coefficient (Wildman–Crippen LogP) is 4.95. The molecule has 0 saturated heterocycles. The van der Waals surface area contributed by atoms with Gasteiger partial charge in [-0.1, -0.05) is 36.4 Å². The summed E-state index contributed by atoms with van der Waals surface area (Å²) in [7, 11) is 0. The van der Waals surface area contributed by atoms with Crippen molar-refractivity contribution in [2.24, 2.45) is 0 Å². The number of benzene rings is 3. The number of ether oxygens (including phenoxy) is 1. The number of anilines is 1. The van der Waals surface area contributed by atoms with E-state index < -0.39 is 10.9 Å². The lowest BCUT2D eigenvalue weighted by molar-refractivity contribution is -0.387. The Morgan fingerprint density at radius 1 is 1.15 bits per heavy atom. The second-order valence-corrected chi connectivity index (χ2v) is 7.79. The zero-order chi connectivity index (χ0) is 23.8. The van der Waals surface area contributed by atoms with Crippen LogP contribution in [0.1, 0.15) is 12.5 Å². The Morgan fingerprint density at radius 3 is 2.61 bits per heavy atom. The largest absolute Gasteiger partial charge is 0.462 e. The Bertz CT molecular complexity index is 1300. The number of nitro benzene ring substituents is 1. The highest BCUT2D eigenvalue weighted by atomic mass is 32.2. The molecule has 3 aromatic rings. The summed E-state index contributed by atoms with van der Waals surface area (Å²) < 4.78 is 4.79. The van der Waals surface area contributed by atoms with Gasteiger partial charge < -0.3 is 10.1 Å². The molecule has 33 heavy (non-hydrogen) atoms. The van der Waals surface area contributed by atoms with Crippen molar-refractivity contribution in [3.05, 3.63) is 81.9 Å². The molecule has 0 aromatic heterocycles. The molecule has 1 amide bonds. The van der Waals surface area contributed by atoms with Crippen LogP contribution in [0.4, 0.5) is 11.4 Å². The molecule has 0 saturated carbocycles. The van der Waals surface area contributed by atoms with E-state index in [0.29, 0.717) is 16.1 Å². The minimum atomic E-state index is -0.800. The SMILES string of the molecule is CCOC(=O)/C(C#N)=C/c1ccc(SCC(=O)Nc2ccc3ccccc3c2)c([N+](=O)[O-])c1. The second kappa shape index (κ2) is 10.9. The maximum absolute atomic E-state index is 12.4. The number of fused-ring (bicyclic) bond motifs is 1. The molecule has 0 bridgehead atoms. The van der Waals surface area contributed by atoms with Gasteiger partial charge in [0, 0.05) is 11.8 Å². The Hall–Kier alpha value is -4.16. The Balaban J connectivity index is 1.72. The third kappa shape index (κ3) is 6.18. The lowest BCUT2D eigenvalue weighted by atomic mass is 10.1. The maximum atomic E-state index is 12.4. The molecule has 0 spiro atoms. The monoisotopic (exact) mass is 461 g/mol. The zero-order valence-corrected chi connectivity index (χ0v) is 18.4. The molecule has 3 aromatic carbocycles. The van der Waals surface area contributed by atoms with Crippen LogP contribution < -0.4 is 5.32 Å². The average Bonchev–Trinajstić information content (AvgIpc) is 2.81. The summed E-state index contributed by atoms with van der Waals surface area (Å²) in [5.41, 5.74) is 0.447. The first-order chi connectivity index (χ1) is 15.9. The summed E-state index contributed by atoms with van der Waals surface area (Å²) in [6.45, 7) is 1.72. The van der Waals surface area contributed by atoms with Crippen LogP contribution in [0.2, 0.25) is 0 Å². The normalized spacial score (nSPS) is 11.0. The Morgan fingerprint density at radius 2 is 1.91 bits per heavy atom. The van der Waals surface area contributed by atoms with Crippen LogP contribution in [0.3, 0.4) is 0 Å². The standard InChI is InChI=1S/C24H19N3O5S/c1-2-32-24(29)19(14-25)11-16-7-10-22(21(12-16)27(30)31)33-15-23(28)26-20-9-8-17-5-3-4-6-18(17)13-20/h3-13H,2,15H2,1H3,(H,26,28)/b19-11+. The van der Waals surface area contributed by atoms with Crippen LogP contribution in [0.5, 0.6) is 0 Å². The topological polar surface area (TPSA) is 122 Å². The number of hydrogen-bond acceptors (Lipinski definition) is 7. The smallest absolute Gasteiger partial charge is 0.348 e. The summed E-state index contributed by atoms with van der Waals surface area (Å²) in [4.78, 5) is 35.4. The van der Waals surface area contributed by atoms with Crippen LogP contribution in [-0.2, 0) is 14.3 Å². The van der Waals surface area contributed by atoms with E-state index in [-0.39, 0.29) is 29.5 Å². The summed E-state index contributed by atoms with van der Waals surface area (Å²) in [6.07, 6.45) is 1.23. The summed E-state index contributed by atoms with van der Waals surface area (Å²) in [6, 6.07) is 19.3. The first kappa shape index (κ1) is 23.5. The number of nitrogens with zero attached hydrogens (tertiary/aromatic N) is 2. The molecule has 9 heteroatoms. The van der Waals surface area contributed by atoms with E-state index in [9.17, 15) is 19.7 Å². The number of carbonyl (C=O) groups excluding carboxylic acids is 2. The molecule has 1 N–H and O–H groups in total. The van der Waals surface area contributed by atoms with E-state index in [1.165, 1.54) is 24.3 Å². The maximum Gasteiger partial charge on any atom is 0.348 e. The van der Waals surface area contributed by atoms with Crippen molar-refractivity contribution in [3.8, 4) is 6.07 Å². The number of nitriles is 1. The molecule has 0 unspecified atom stereocenters. The minimum Gasteiger partial charge on any atom is -0.462 e. The van der Waals surface area contributed by atoms with Crippen molar-refractivity contribution in [1.29, 1.82) is 5.26 Å². The number of nitrogens with one attached hydrogen (secondary N) is 1. The highest BCUT2D eigenvalue weighted by Gasteiger charge is 2.17. The van der Waals surface area contributed by atoms with Crippen LogP contribution in [0.25, 0.3) is 16.8 Å². The van der Waals surface area contributed by atoms with Gasteiger partial charge in [-0.3, -0.25) is 14.9 Å². The number of carbonyl (C=O) groups is 2. The molecule has 8 nitrogen and oxygen atoms in total. The fraction of sp³-hybridized carbons (Fsp3) is 0.125. The van der Waals surface area contributed by atoms with Gasteiger partial charge in [-0.15, -0.1) is 11.8 Å². The summed E-state index contributed by atoms with van der Waals surface area (Å²) in [5.74, 6) is -1.14. The average molecular weight is 461 g/mol. The van der Waals surface area contributed by atoms with Crippen molar-refractivity contribution in [2.75, 3.05) is 17.7 Å². The molecule has 0 atom stereocenters. The first-order valence-corrected chi connectivity index (χ1v) is 10.9. The van der Waals surface area contributed by atoms with Gasteiger partial charge in [-0.05, 0) is 47.5 Å². The molecule has 0 heterocycles. The molecule has 0 fully saturated rings. The van der Waals surface area contributed by atoms with E-state index in [1.807, 2.05) is 36.4 Å². The van der Waals surface area contributed by atoms with Gasteiger partial charge >= 0.3 is 5.97 Å². The molecule has 0 aliphatic rings. The molecule has 0 aliphatic heterocycles. The fourth-order valence-electron chi connectivity index (χ4n) is 3.01. The van der Waals surface area contributed by atoms with Crippen molar-refractivity contribution in [1.82, 2.24) is 0 Å². The molecule has 3 rings (SSSR count). The van der Waals surface area contributed by atoms with Gasteiger partial charge in [0.1, 0.15) is 11.6 Å². The third-order valence-electron chi connectivity index (χ3n) is 4.50. The minimum absolute atomic E-state index is 0.0326.